The molecule has 0 radical (unpaired) electrons. The van der Waals surface area contributed by atoms with E-state index >= 15 is 0 Å². The van der Waals surface area contributed by atoms with Gasteiger partial charge in [-0.25, -0.2) is 0 Å². The van der Waals surface area contributed by atoms with Crippen molar-refractivity contribution in [3.63, 3.8) is 0 Å². The van der Waals surface area contributed by atoms with Crippen LogP contribution in [-0.4, -0.2) is 61.7 Å². The lowest BCUT2D eigenvalue weighted by molar-refractivity contribution is 0.0875. The molecule has 1 aliphatic heterocycles. The van der Waals surface area contributed by atoms with Gasteiger partial charge in [0.25, 0.3) is 0 Å². The van der Waals surface area contributed by atoms with Crippen LogP contribution in [0.15, 0.2) is 0 Å². The molecule has 0 saturated carbocycles. The van der Waals surface area contributed by atoms with Crippen LogP contribution in [0.1, 0.15) is 46.5 Å². The summed E-state index contributed by atoms with van der Waals surface area (Å²) in [6, 6.07) is 2.19. The minimum Gasteiger partial charge on any atom is -0.314 e. The first-order chi connectivity index (χ1) is 8.54. The summed E-state index contributed by atoms with van der Waals surface area (Å²) >= 11 is 0. The van der Waals surface area contributed by atoms with Gasteiger partial charge in [-0.2, -0.15) is 0 Å². The maximum atomic E-state index is 3.68. The summed E-state index contributed by atoms with van der Waals surface area (Å²) in [5, 5.41) is 3.68. The molecule has 0 aromatic rings. The molecule has 0 aromatic carbocycles. The average Bonchev–Trinajstić information content (AvgIpc) is 2.33. The van der Waals surface area contributed by atoms with Gasteiger partial charge >= 0.3 is 0 Å². The SMILES string of the molecule is CCCNC1CCN(C(C)CCN(C)C)C(C)C1. The molecular weight excluding hydrogens is 222 g/mol. The molecular formula is C15H33N3. The fourth-order valence-corrected chi connectivity index (χ4v) is 2.99. The van der Waals surface area contributed by atoms with Crippen LogP contribution >= 0.6 is 0 Å². The third kappa shape index (κ3) is 5.25. The number of likely N-dealkylation sites (tertiary alicyclic amines) is 1. The Bertz CT molecular complexity index is 218. The lowest BCUT2D eigenvalue weighted by atomic mass is 9.96. The summed E-state index contributed by atoms with van der Waals surface area (Å²) in [7, 11) is 4.33. The molecule has 3 unspecified atom stereocenters. The van der Waals surface area contributed by atoms with Crippen LogP contribution in [0.4, 0.5) is 0 Å². The molecule has 3 heteroatoms. The minimum absolute atomic E-state index is 0.717. The van der Waals surface area contributed by atoms with E-state index < -0.39 is 0 Å². The van der Waals surface area contributed by atoms with Crippen LogP contribution in [0.3, 0.4) is 0 Å². The fraction of sp³-hybridized carbons (Fsp3) is 1.00. The van der Waals surface area contributed by atoms with Crippen molar-refractivity contribution in [3.8, 4) is 0 Å². The maximum absolute atomic E-state index is 3.68. The van der Waals surface area contributed by atoms with E-state index in [9.17, 15) is 0 Å². The lowest BCUT2D eigenvalue weighted by Crippen LogP contribution is -2.51. The Labute approximate surface area is 114 Å². The standard InChI is InChI=1S/C15H33N3/c1-6-9-16-15-8-11-18(14(3)12-15)13(2)7-10-17(4)5/h13-16H,6-12H2,1-5H3. The summed E-state index contributed by atoms with van der Waals surface area (Å²) in [4.78, 5) is 4.99. The van der Waals surface area contributed by atoms with Crippen molar-refractivity contribution in [1.29, 1.82) is 0 Å². The molecule has 0 amide bonds. The smallest absolute Gasteiger partial charge is 0.00940 e. The highest BCUT2D eigenvalue weighted by molar-refractivity contribution is 4.85. The summed E-state index contributed by atoms with van der Waals surface area (Å²) in [6.07, 6.45) is 5.15. The number of hydrogen-bond donors (Lipinski definition) is 1. The predicted molar refractivity (Wildman–Crippen MR) is 80.1 cm³/mol. The predicted octanol–water partition coefficient (Wildman–Crippen LogP) is 2.18. The quantitative estimate of drug-likeness (QED) is 0.752. The Morgan fingerprint density at radius 1 is 1.39 bits per heavy atom. The van der Waals surface area contributed by atoms with Gasteiger partial charge in [0.2, 0.25) is 0 Å². The van der Waals surface area contributed by atoms with E-state index in [-0.39, 0.29) is 0 Å². The van der Waals surface area contributed by atoms with Crippen LogP contribution in [-0.2, 0) is 0 Å². The van der Waals surface area contributed by atoms with Gasteiger partial charge in [0.15, 0.2) is 0 Å². The van der Waals surface area contributed by atoms with Gasteiger partial charge in [-0.3, -0.25) is 4.90 Å². The maximum Gasteiger partial charge on any atom is 0.00940 e. The Kier molecular flexibility index (Phi) is 7.20. The van der Waals surface area contributed by atoms with Gasteiger partial charge in [-0.1, -0.05) is 6.92 Å². The van der Waals surface area contributed by atoms with Crippen molar-refractivity contribution in [1.82, 2.24) is 15.1 Å². The monoisotopic (exact) mass is 255 g/mol. The first-order valence-corrected chi connectivity index (χ1v) is 7.68. The molecule has 1 saturated heterocycles. The number of nitrogens with one attached hydrogen (secondary N) is 1. The normalized spacial score (nSPS) is 27.7. The van der Waals surface area contributed by atoms with Crippen LogP contribution in [0, 0.1) is 0 Å². The van der Waals surface area contributed by atoms with E-state index in [1.165, 1.54) is 45.3 Å². The van der Waals surface area contributed by atoms with Crippen molar-refractivity contribution in [2.45, 2.75) is 64.6 Å². The van der Waals surface area contributed by atoms with E-state index in [0.717, 1.165) is 18.1 Å². The van der Waals surface area contributed by atoms with Gasteiger partial charge in [-0.05, 0) is 66.7 Å². The first kappa shape index (κ1) is 15.9. The molecule has 1 rings (SSSR count). The summed E-state index contributed by atoms with van der Waals surface area (Å²) in [6.45, 7) is 10.7. The highest BCUT2D eigenvalue weighted by Gasteiger charge is 2.27. The third-order valence-electron chi connectivity index (χ3n) is 4.17. The van der Waals surface area contributed by atoms with Gasteiger partial charge in [0.1, 0.15) is 0 Å². The Morgan fingerprint density at radius 3 is 2.67 bits per heavy atom. The molecule has 0 bridgehead atoms. The second kappa shape index (κ2) is 8.13. The van der Waals surface area contributed by atoms with E-state index in [1.807, 2.05) is 0 Å². The first-order valence-electron chi connectivity index (χ1n) is 7.68. The number of piperidine rings is 1. The zero-order valence-electron chi connectivity index (χ0n) is 13.1. The number of hydrogen-bond acceptors (Lipinski definition) is 3. The summed E-state index contributed by atoms with van der Waals surface area (Å²) < 4.78 is 0. The lowest BCUT2D eigenvalue weighted by Gasteiger charge is -2.42. The number of nitrogens with zero attached hydrogens (tertiary/aromatic N) is 2. The van der Waals surface area contributed by atoms with Gasteiger partial charge < -0.3 is 10.2 Å². The molecule has 1 N–H and O–H groups in total. The van der Waals surface area contributed by atoms with Crippen molar-refractivity contribution in [2.75, 3.05) is 33.7 Å². The van der Waals surface area contributed by atoms with E-state index in [2.05, 4.69) is 50.0 Å². The second-order valence-corrected chi connectivity index (χ2v) is 6.20. The fourth-order valence-electron chi connectivity index (χ4n) is 2.99. The van der Waals surface area contributed by atoms with Gasteiger partial charge in [-0.15, -0.1) is 0 Å². The van der Waals surface area contributed by atoms with Crippen molar-refractivity contribution >= 4 is 0 Å². The largest absolute Gasteiger partial charge is 0.314 e. The van der Waals surface area contributed by atoms with E-state index in [4.69, 9.17) is 0 Å². The van der Waals surface area contributed by atoms with Crippen molar-refractivity contribution < 1.29 is 0 Å². The molecule has 3 atom stereocenters. The van der Waals surface area contributed by atoms with Crippen LogP contribution in [0.2, 0.25) is 0 Å². The molecule has 0 spiro atoms. The van der Waals surface area contributed by atoms with Gasteiger partial charge in [0.05, 0.1) is 0 Å². The zero-order chi connectivity index (χ0) is 13.5. The topological polar surface area (TPSA) is 18.5 Å². The van der Waals surface area contributed by atoms with Crippen LogP contribution < -0.4 is 5.32 Å². The Hall–Kier alpha value is -0.120. The Morgan fingerprint density at radius 2 is 2.11 bits per heavy atom. The van der Waals surface area contributed by atoms with Crippen LogP contribution in [0.5, 0.6) is 0 Å². The molecule has 1 heterocycles. The molecule has 108 valence electrons. The summed E-state index contributed by atoms with van der Waals surface area (Å²) in [5.41, 5.74) is 0. The van der Waals surface area contributed by atoms with E-state index in [1.54, 1.807) is 0 Å². The molecule has 1 fully saturated rings. The second-order valence-electron chi connectivity index (χ2n) is 6.20. The highest BCUT2D eigenvalue weighted by Crippen LogP contribution is 2.21. The molecule has 1 aliphatic rings. The summed E-state index contributed by atoms with van der Waals surface area (Å²) in [5.74, 6) is 0. The van der Waals surface area contributed by atoms with E-state index in [0.29, 0.717) is 0 Å². The average molecular weight is 255 g/mol. The van der Waals surface area contributed by atoms with Crippen LogP contribution in [0.25, 0.3) is 0 Å². The molecule has 0 aromatic heterocycles. The van der Waals surface area contributed by atoms with Crippen molar-refractivity contribution in [3.05, 3.63) is 0 Å². The zero-order valence-corrected chi connectivity index (χ0v) is 13.1. The number of rotatable bonds is 7. The van der Waals surface area contributed by atoms with Gasteiger partial charge in [0, 0.05) is 24.7 Å². The molecule has 0 aliphatic carbocycles. The molecule has 18 heavy (non-hydrogen) atoms. The Balaban J connectivity index is 2.32. The molecule has 3 nitrogen and oxygen atoms in total. The highest BCUT2D eigenvalue weighted by atomic mass is 15.2. The van der Waals surface area contributed by atoms with Crippen molar-refractivity contribution in [2.24, 2.45) is 0 Å². The third-order valence-corrected chi connectivity index (χ3v) is 4.17. The minimum atomic E-state index is 0.717.